The number of likely N-dealkylation sites (tertiary alicyclic amines) is 1. The van der Waals surface area contributed by atoms with Gasteiger partial charge in [0.15, 0.2) is 0 Å². The molecule has 1 aromatic rings. The molecule has 0 spiro atoms. The normalized spacial score (nSPS) is 21.3. The number of carbonyl (C=O) groups excluding carboxylic acids is 1. The summed E-state index contributed by atoms with van der Waals surface area (Å²) < 4.78 is 0. The highest BCUT2D eigenvalue weighted by atomic mass is 32.1. The van der Waals surface area contributed by atoms with Crippen molar-refractivity contribution in [3.8, 4) is 0 Å². The van der Waals surface area contributed by atoms with E-state index in [1.54, 1.807) is 5.51 Å². The van der Waals surface area contributed by atoms with Crippen LogP contribution in [0.25, 0.3) is 0 Å². The van der Waals surface area contributed by atoms with Crippen LogP contribution in [0.15, 0.2) is 5.51 Å². The molecule has 2 rings (SSSR count). The molecule has 1 aliphatic heterocycles. The molecule has 1 aliphatic rings. The lowest BCUT2D eigenvalue weighted by molar-refractivity contribution is -0.128. The average molecular weight is 225 g/mol. The van der Waals surface area contributed by atoms with Crippen molar-refractivity contribution >= 4 is 17.2 Å². The molecule has 1 atom stereocenters. The van der Waals surface area contributed by atoms with Crippen LogP contribution >= 0.6 is 11.3 Å². The van der Waals surface area contributed by atoms with Gasteiger partial charge in [-0.2, -0.15) is 0 Å². The van der Waals surface area contributed by atoms with Gasteiger partial charge in [0.1, 0.15) is 10.5 Å². The van der Waals surface area contributed by atoms with E-state index in [-0.39, 0.29) is 5.91 Å². The number of hydrogen-bond acceptors (Lipinski definition) is 4. The lowest BCUT2D eigenvalue weighted by Gasteiger charge is -2.14. The lowest BCUT2D eigenvalue weighted by Crippen LogP contribution is -2.24. The summed E-state index contributed by atoms with van der Waals surface area (Å²) in [4.78, 5) is 13.6. The third kappa shape index (κ3) is 2.53. The van der Waals surface area contributed by atoms with E-state index in [9.17, 15) is 4.79 Å². The number of aromatic nitrogens is 2. The molecule has 82 valence electrons. The molecule has 0 aromatic carbocycles. The molecule has 0 radical (unpaired) electrons. The van der Waals surface area contributed by atoms with Gasteiger partial charge in [-0.05, 0) is 12.3 Å². The zero-order chi connectivity index (χ0) is 10.7. The van der Waals surface area contributed by atoms with Crippen molar-refractivity contribution in [1.29, 1.82) is 0 Å². The SMILES string of the molecule is CCCC1CC(=O)N(Cc2nncs2)C1. The van der Waals surface area contributed by atoms with E-state index in [0.717, 1.165) is 24.4 Å². The van der Waals surface area contributed by atoms with Crippen LogP contribution < -0.4 is 0 Å². The quantitative estimate of drug-likeness (QED) is 0.783. The van der Waals surface area contributed by atoms with Crippen LogP contribution in [0.2, 0.25) is 0 Å². The molecule has 1 fully saturated rings. The van der Waals surface area contributed by atoms with Gasteiger partial charge in [-0.15, -0.1) is 21.5 Å². The van der Waals surface area contributed by atoms with E-state index >= 15 is 0 Å². The van der Waals surface area contributed by atoms with Crippen LogP contribution in [0.4, 0.5) is 0 Å². The second-order valence-corrected chi connectivity index (χ2v) is 4.88. The zero-order valence-corrected chi connectivity index (χ0v) is 9.66. The number of carbonyl (C=O) groups is 1. The minimum atomic E-state index is 0.267. The monoisotopic (exact) mass is 225 g/mol. The first kappa shape index (κ1) is 10.5. The Labute approximate surface area is 93.3 Å². The summed E-state index contributed by atoms with van der Waals surface area (Å²) in [5, 5.41) is 8.67. The largest absolute Gasteiger partial charge is 0.336 e. The molecular formula is C10H15N3OS. The predicted octanol–water partition coefficient (Wildman–Crippen LogP) is 1.69. The Kier molecular flexibility index (Phi) is 3.30. The Morgan fingerprint density at radius 3 is 3.20 bits per heavy atom. The van der Waals surface area contributed by atoms with Crippen LogP contribution in [-0.4, -0.2) is 27.5 Å². The van der Waals surface area contributed by atoms with Gasteiger partial charge in [0.25, 0.3) is 0 Å². The van der Waals surface area contributed by atoms with Crippen molar-refractivity contribution in [2.75, 3.05) is 6.54 Å². The first-order valence-corrected chi connectivity index (χ1v) is 6.20. The van der Waals surface area contributed by atoms with E-state index < -0.39 is 0 Å². The van der Waals surface area contributed by atoms with Crippen molar-refractivity contribution in [2.24, 2.45) is 5.92 Å². The van der Waals surface area contributed by atoms with E-state index in [1.165, 1.54) is 11.3 Å². The van der Waals surface area contributed by atoms with Crippen molar-refractivity contribution in [3.05, 3.63) is 10.5 Å². The zero-order valence-electron chi connectivity index (χ0n) is 8.85. The molecule has 0 aliphatic carbocycles. The Bertz CT molecular complexity index is 325. The summed E-state index contributed by atoms with van der Waals surface area (Å²) in [6.45, 7) is 3.70. The highest BCUT2D eigenvalue weighted by Gasteiger charge is 2.29. The topological polar surface area (TPSA) is 46.1 Å². The van der Waals surface area contributed by atoms with Gasteiger partial charge in [0, 0.05) is 13.0 Å². The standard InChI is InChI=1S/C10H15N3OS/c1-2-3-8-4-10(14)13(5-8)6-9-12-11-7-15-9/h7-8H,2-6H2,1H3. The fourth-order valence-electron chi connectivity index (χ4n) is 2.04. The third-order valence-corrected chi connectivity index (χ3v) is 3.41. The minimum absolute atomic E-state index is 0.267. The maximum absolute atomic E-state index is 11.7. The minimum Gasteiger partial charge on any atom is -0.336 e. The van der Waals surface area contributed by atoms with Gasteiger partial charge in [-0.3, -0.25) is 4.79 Å². The summed E-state index contributed by atoms with van der Waals surface area (Å²) >= 11 is 1.51. The number of rotatable bonds is 4. The molecule has 15 heavy (non-hydrogen) atoms. The first-order valence-electron chi connectivity index (χ1n) is 5.32. The maximum atomic E-state index is 11.7. The summed E-state index contributed by atoms with van der Waals surface area (Å²) in [6, 6.07) is 0. The van der Waals surface area contributed by atoms with Gasteiger partial charge < -0.3 is 4.90 Å². The van der Waals surface area contributed by atoms with Crippen molar-refractivity contribution in [1.82, 2.24) is 15.1 Å². The van der Waals surface area contributed by atoms with E-state index in [0.29, 0.717) is 18.9 Å². The van der Waals surface area contributed by atoms with E-state index in [4.69, 9.17) is 0 Å². The van der Waals surface area contributed by atoms with Crippen LogP contribution in [0.1, 0.15) is 31.2 Å². The maximum Gasteiger partial charge on any atom is 0.223 e. The van der Waals surface area contributed by atoms with Crippen molar-refractivity contribution < 1.29 is 4.79 Å². The van der Waals surface area contributed by atoms with Crippen LogP contribution in [-0.2, 0) is 11.3 Å². The van der Waals surface area contributed by atoms with E-state index in [2.05, 4.69) is 17.1 Å². The third-order valence-electron chi connectivity index (χ3n) is 2.72. The Morgan fingerprint density at radius 1 is 1.67 bits per heavy atom. The molecule has 0 bridgehead atoms. The van der Waals surface area contributed by atoms with Crippen LogP contribution in [0, 0.1) is 5.92 Å². The van der Waals surface area contributed by atoms with Gasteiger partial charge in [-0.1, -0.05) is 13.3 Å². The fraction of sp³-hybridized carbons (Fsp3) is 0.700. The molecule has 5 heteroatoms. The summed E-state index contributed by atoms with van der Waals surface area (Å²) in [5.74, 6) is 0.819. The van der Waals surface area contributed by atoms with Crippen molar-refractivity contribution in [3.63, 3.8) is 0 Å². The molecule has 1 aromatic heterocycles. The molecule has 2 heterocycles. The van der Waals surface area contributed by atoms with Crippen LogP contribution in [0.5, 0.6) is 0 Å². The second-order valence-electron chi connectivity index (χ2n) is 3.97. The molecular weight excluding hydrogens is 210 g/mol. The van der Waals surface area contributed by atoms with Gasteiger partial charge in [-0.25, -0.2) is 0 Å². The highest BCUT2D eigenvalue weighted by molar-refractivity contribution is 7.09. The summed E-state index contributed by atoms with van der Waals surface area (Å²) in [5.41, 5.74) is 1.71. The first-order chi connectivity index (χ1) is 7.29. The number of amides is 1. The van der Waals surface area contributed by atoms with Crippen LogP contribution in [0.3, 0.4) is 0 Å². The molecule has 1 amide bonds. The second kappa shape index (κ2) is 4.70. The predicted molar refractivity (Wildman–Crippen MR) is 58.3 cm³/mol. The average Bonchev–Trinajstić information content (AvgIpc) is 2.79. The Morgan fingerprint density at radius 2 is 2.53 bits per heavy atom. The molecule has 0 N–H and O–H groups in total. The smallest absolute Gasteiger partial charge is 0.223 e. The Balaban J connectivity index is 1.91. The van der Waals surface area contributed by atoms with Gasteiger partial charge >= 0.3 is 0 Å². The number of hydrogen-bond donors (Lipinski definition) is 0. The van der Waals surface area contributed by atoms with E-state index in [1.807, 2.05) is 4.90 Å². The lowest BCUT2D eigenvalue weighted by atomic mass is 10.0. The molecule has 1 unspecified atom stereocenters. The van der Waals surface area contributed by atoms with Crippen molar-refractivity contribution in [2.45, 2.75) is 32.7 Å². The Hall–Kier alpha value is -0.970. The van der Waals surface area contributed by atoms with Gasteiger partial charge in [0.05, 0.1) is 6.54 Å². The van der Waals surface area contributed by atoms with Gasteiger partial charge in [0.2, 0.25) is 5.91 Å². The molecule has 0 saturated carbocycles. The highest BCUT2D eigenvalue weighted by Crippen LogP contribution is 2.23. The number of nitrogens with zero attached hydrogens (tertiary/aromatic N) is 3. The summed E-state index contributed by atoms with van der Waals surface area (Å²) in [7, 11) is 0. The molecule has 1 saturated heterocycles. The fourth-order valence-corrected chi connectivity index (χ4v) is 2.58. The summed E-state index contributed by atoms with van der Waals surface area (Å²) in [6.07, 6.45) is 3.02. The molecule has 4 nitrogen and oxygen atoms in total.